The highest BCUT2D eigenvalue weighted by Crippen LogP contribution is 2.39. The maximum atomic E-state index is 12.8. The van der Waals surface area contributed by atoms with E-state index in [2.05, 4.69) is 77.2 Å². The van der Waals surface area contributed by atoms with E-state index in [9.17, 15) is 14.7 Å². The molecule has 4 rings (SSSR count). The molecule has 0 spiro atoms. The number of aliphatic hydroxyl groups is 1. The number of aliphatic hydroxyl groups excluding tert-OH is 1. The Morgan fingerprint density at radius 1 is 0.884 bits per heavy atom. The fourth-order valence-corrected chi connectivity index (χ4v) is 7.92. The molecular weight excluding hydrogens is 647 g/mol. The zero-order valence-electron chi connectivity index (χ0n) is 26.2. The molecule has 43 heavy (non-hydrogen) atoms. The van der Waals surface area contributed by atoms with Gasteiger partial charge in [0.15, 0.2) is 5.78 Å². The van der Waals surface area contributed by atoms with E-state index < -0.39 is 12.0 Å². The number of rotatable bonds is 20. The van der Waals surface area contributed by atoms with Gasteiger partial charge in [-0.15, -0.1) is 0 Å². The fraction of sp³-hybridized carbons (Fsp3) is 0.632. The van der Waals surface area contributed by atoms with Crippen LogP contribution in [0.15, 0.2) is 54.6 Å². The Bertz CT molecular complexity index is 1090. The van der Waals surface area contributed by atoms with Gasteiger partial charge in [-0.2, -0.15) is 0 Å². The van der Waals surface area contributed by atoms with Crippen LogP contribution in [0.5, 0.6) is 5.75 Å². The molecular formula is C38H53IO4. The van der Waals surface area contributed by atoms with Crippen molar-refractivity contribution in [1.82, 2.24) is 0 Å². The van der Waals surface area contributed by atoms with E-state index in [1.54, 1.807) is 6.92 Å². The van der Waals surface area contributed by atoms with Gasteiger partial charge >= 0.3 is 0 Å². The van der Waals surface area contributed by atoms with E-state index in [1.165, 1.54) is 49.7 Å². The van der Waals surface area contributed by atoms with Crippen molar-refractivity contribution in [2.24, 2.45) is 29.6 Å². The summed E-state index contributed by atoms with van der Waals surface area (Å²) in [5.74, 6) is 2.64. The first-order valence-corrected chi connectivity index (χ1v) is 18.5. The van der Waals surface area contributed by atoms with Gasteiger partial charge in [0.2, 0.25) is 0 Å². The van der Waals surface area contributed by atoms with E-state index in [1.807, 2.05) is 0 Å². The molecule has 3 atom stereocenters. The van der Waals surface area contributed by atoms with Crippen molar-refractivity contribution in [1.29, 1.82) is 0 Å². The summed E-state index contributed by atoms with van der Waals surface area (Å²) in [5, 5.41) is 10.7. The molecule has 2 unspecified atom stereocenters. The number of alkyl halides is 1. The minimum absolute atomic E-state index is 0.0219. The molecule has 1 N–H and O–H groups in total. The third-order valence-electron chi connectivity index (χ3n) is 10.0. The molecule has 2 aromatic rings. The quantitative estimate of drug-likeness (QED) is 0.0851. The SMILES string of the molecule is C[C@@H](C(=O)CCCCC(CI)CCc1ccccc1)C(O)C(=O)CC1CC(Cc2ccc(OCCC3CCCC3)cc2)C1. The molecule has 2 saturated carbocycles. The van der Waals surface area contributed by atoms with E-state index >= 15 is 0 Å². The van der Waals surface area contributed by atoms with Crippen LogP contribution in [0.3, 0.4) is 0 Å². The second-order valence-electron chi connectivity index (χ2n) is 13.5. The molecule has 2 aliphatic carbocycles. The molecule has 5 heteroatoms. The lowest BCUT2D eigenvalue weighted by Gasteiger charge is -2.36. The molecule has 4 nitrogen and oxygen atoms in total. The summed E-state index contributed by atoms with van der Waals surface area (Å²) in [4.78, 5) is 25.6. The van der Waals surface area contributed by atoms with E-state index in [0.29, 0.717) is 30.6 Å². The van der Waals surface area contributed by atoms with Gasteiger partial charge < -0.3 is 9.84 Å². The first-order valence-electron chi connectivity index (χ1n) is 17.0. The van der Waals surface area contributed by atoms with Crippen LogP contribution in [-0.2, 0) is 22.4 Å². The third kappa shape index (κ3) is 11.6. The molecule has 2 aliphatic rings. The van der Waals surface area contributed by atoms with Crippen LogP contribution in [0.2, 0.25) is 0 Å². The van der Waals surface area contributed by atoms with E-state index in [0.717, 1.165) is 67.6 Å². The van der Waals surface area contributed by atoms with Gasteiger partial charge in [-0.1, -0.05) is 104 Å². The topological polar surface area (TPSA) is 63.6 Å². The van der Waals surface area contributed by atoms with Gasteiger partial charge in [-0.05, 0) is 98.3 Å². The smallest absolute Gasteiger partial charge is 0.162 e. The van der Waals surface area contributed by atoms with Gasteiger partial charge in [0, 0.05) is 23.2 Å². The first-order chi connectivity index (χ1) is 20.9. The van der Waals surface area contributed by atoms with Crippen LogP contribution in [-0.4, -0.2) is 33.8 Å². The van der Waals surface area contributed by atoms with Crippen LogP contribution in [0.25, 0.3) is 0 Å². The zero-order valence-corrected chi connectivity index (χ0v) is 28.4. The average Bonchev–Trinajstić information content (AvgIpc) is 3.53. The highest BCUT2D eigenvalue weighted by molar-refractivity contribution is 14.1. The number of ketones is 2. The van der Waals surface area contributed by atoms with Crippen molar-refractivity contribution >= 4 is 34.2 Å². The Hall–Kier alpha value is -1.73. The van der Waals surface area contributed by atoms with Gasteiger partial charge in [0.25, 0.3) is 0 Å². The van der Waals surface area contributed by atoms with Crippen molar-refractivity contribution in [2.75, 3.05) is 11.0 Å². The Balaban J connectivity index is 1.06. The van der Waals surface area contributed by atoms with Crippen LogP contribution >= 0.6 is 22.6 Å². The molecule has 0 amide bonds. The van der Waals surface area contributed by atoms with Gasteiger partial charge in [-0.25, -0.2) is 0 Å². The summed E-state index contributed by atoms with van der Waals surface area (Å²) in [6, 6.07) is 19.2. The summed E-state index contributed by atoms with van der Waals surface area (Å²) >= 11 is 2.48. The fourth-order valence-electron chi connectivity index (χ4n) is 7.04. The summed E-state index contributed by atoms with van der Waals surface area (Å²) in [5.41, 5.74) is 2.70. The van der Waals surface area contributed by atoms with Crippen molar-refractivity contribution in [3.8, 4) is 5.75 Å². The second-order valence-corrected chi connectivity index (χ2v) is 14.4. The molecule has 0 aliphatic heterocycles. The van der Waals surface area contributed by atoms with Crippen molar-refractivity contribution < 1.29 is 19.4 Å². The molecule has 236 valence electrons. The van der Waals surface area contributed by atoms with Crippen LogP contribution in [0, 0.1) is 29.6 Å². The number of hydrogen-bond donors (Lipinski definition) is 1. The normalized spacial score (nSPS) is 20.7. The van der Waals surface area contributed by atoms with Crippen molar-refractivity contribution in [3.05, 3.63) is 65.7 Å². The second kappa shape index (κ2) is 18.3. The van der Waals surface area contributed by atoms with Crippen LogP contribution in [0.1, 0.15) is 102 Å². The lowest BCUT2D eigenvalue weighted by molar-refractivity contribution is -0.138. The maximum Gasteiger partial charge on any atom is 0.162 e. The number of aryl methyl sites for hydroxylation is 1. The Morgan fingerprint density at radius 2 is 1.60 bits per heavy atom. The Kier molecular flexibility index (Phi) is 14.5. The van der Waals surface area contributed by atoms with Crippen LogP contribution in [0.4, 0.5) is 0 Å². The number of carbonyl (C=O) groups excluding carboxylic acids is 2. The number of halogens is 1. The summed E-state index contributed by atoms with van der Waals surface area (Å²) in [7, 11) is 0. The number of carbonyl (C=O) groups is 2. The van der Waals surface area contributed by atoms with Crippen molar-refractivity contribution in [3.63, 3.8) is 0 Å². The maximum absolute atomic E-state index is 12.8. The number of Topliss-reactive ketones (excluding diaryl/α,β-unsaturated/α-hetero) is 2. The molecule has 0 saturated heterocycles. The molecule has 0 aromatic heterocycles. The van der Waals surface area contributed by atoms with Gasteiger partial charge in [0.05, 0.1) is 6.61 Å². The van der Waals surface area contributed by atoms with Gasteiger partial charge in [-0.3, -0.25) is 9.59 Å². The molecule has 0 radical (unpaired) electrons. The average molecular weight is 701 g/mol. The van der Waals surface area contributed by atoms with Crippen molar-refractivity contribution in [2.45, 2.75) is 109 Å². The van der Waals surface area contributed by atoms with Gasteiger partial charge in [0.1, 0.15) is 17.6 Å². The minimum Gasteiger partial charge on any atom is -0.494 e. The molecule has 0 bridgehead atoms. The highest BCUT2D eigenvalue weighted by Gasteiger charge is 2.34. The Labute approximate surface area is 273 Å². The minimum atomic E-state index is -1.17. The molecule has 0 heterocycles. The zero-order chi connectivity index (χ0) is 30.4. The summed E-state index contributed by atoms with van der Waals surface area (Å²) in [6.45, 7) is 2.54. The summed E-state index contributed by atoms with van der Waals surface area (Å²) < 4.78 is 7.10. The summed E-state index contributed by atoms with van der Waals surface area (Å²) in [6.07, 6.45) is 14.6. The van der Waals surface area contributed by atoms with Crippen LogP contribution < -0.4 is 4.74 Å². The molecule has 2 aromatic carbocycles. The number of ether oxygens (including phenoxy) is 1. The largest absolute Gasteiger partial charge is 0.494 e. The first kappa shape index (κ1) is 34.1. The number of benzene rings is 2. The third-order valence-corrected chi connectivity index (χ3v) is 11.3. The Morgan fingerprint density at radius 3 is 2.30 bits per heavy atom. The number of unbranched alkanes of at least 4 members (excludes halogenated alkanes) is 1. The lowest BCUT2D eigenvalue weighted by atomic mass is 9.69. The predicted molar refractivity (Wildman–Crippen MR) is 184 cm³/mol. The molecule has 2 fully saturated rings. The standard InChI is InChI=1S/C38H53IO4/c1-28(36(40)14-8-7-13-32(27-39)16-15-29-9-3-2-4-10-29)38(42)37(41)26-34-24-33(25-34)23-31-17-19-35(20-18-31)43-22-21-30-11-5-6-12-30/h2-4,9-10,17-20,28,30,32-34,38,42H,5-8,11-16,21-27H2,1H3/t28-,32?,33?,34?,38?/m0/s1. The monoisotopic (exact) mass is 700 g/mol. The predicted octanol–water partition coefficient (Wildman–Crippen LogP) is 8.98. The lowest BCUT2D eigenvalue weighted by Crippen LogP contribution is -2.36. The number of hydrogen-bond acceptors (Lipinski definition) is 4. The van der Waals surface area contributed by atoms with E-state index in [-0.39, 0.29) is 11.6 Å². The highest BCUT2D eigenvalue weighted by atomic mass is 127. The van der Waals surface area contributed by atoms with E-state index in [4.69, 9.17) is 4.74 Å².